The summed E-state index contributed by atoms with van der Waals surface area (Å²) in [5, 5.41) is 11.5. The Hall–Kier alpha value is -2.53. The number of nitroso groups, excluding NO2 is 1. The van der Waals surface area contributed by atoms with Crippen LogP contribution in [0.3, 0.4) is 0 Å². The van der Waals surface area contributed by atoms with Gasteiger partial charge in [-0.1, -0.05) is 59.8 Å². The van der Waals surface area contributed by atoms with Gasteiger partial charge in [-0.25, -0.2) is 5.48 Å². The number of hydrogen-bond donors (Lipinski definition) is 2. The highest BCUT2D eigenvalue weighted by Gasteiger charge is 2.13. The normalized spacial score (nSPS) is 11.7. The Morgan fingerprint density at radius 3 is 2.32 bits per heavy atom. The molecule has 0 bridgehead atoms. The smallest absolute Gasteiger partial charge is 0.243 e. The molecular formula is C20H24N2O3. The molecule has 2 rings (SSSR count). The van der Waals surface area contributed by atoms with Gasteiger partial charge in [-0.2, -0.15) is 4.91 Å². The van der Waals surface area contributed by atoms with Gasteiger partial charge in [-0.3, -0.25) is 10.0 Å². The van der Waals surface area contributed by atoms with Crippen molar-refractivity contribution in [2.24, 2.45) is 11.1 Å². The predicted octanol–water partition coefficient (Wildman–Crippen LogP) is 4.34. The van der Waals surface area contributed by atoms with Gasteiger partial charge < -0.3 is 0 Å². The summed E-state index contributed by atoms with van der Waals surface area (Å²) in [7, 11) is 0. The van der Waals surface area contributed by atoms with Gasteiger partial charge >= 0.3 is 0 Å². The molecule has 0 saturated carbocycles. The Morgan fingerprint density at radius 2 is 1.68 bits per heavy atom. The summed E-state index contributed by atoms with van der Waals surface area (Å²) in [6.45, 7) is 0.204. The number of amides is 1. The molecule has 0 aliphatic rings. The van der Waals surface area contributed by atoms with Gasteiger partial charge in [0.1, 0.15) is 0 Å². The highest BCUT2D eigenvalue weighted by molar-refractivity contribution is 5.74. The van der Waals surface area contributed by atoms with Crippen LogP contribution in [0.5, 0.6) is 0 Å². The van der Waals surface area contributed by atoms with E-state index in [-0.39, 0.29) is 18.9 Å². The topological polar surface area (TPSA) is 78.8 Å². The van der Waals surface area contributed by atoms with Crippen molar-refractivity contribution in [3.8, 4) is 11.1 Å². The number of hydrogen-bond acceptors (Lipinski definition) is 4. The molecular weight excluding hydrogens is 316 g/mol. The van der Waals surface area contributed by atoms with E-state index in [1.807, 2.05) is 18.2 Å². The van der Waals surface area contributed by atoms with E-state index >= 15 is 0 Å². The molecule has 2 N–H and O–H groups in total. The van der Waals surface area contributed by atoms with E-state index in [1.165, 1.54) is 16.7 Å². The first-order valence-corrected chi connectivity index (χ1v) is 8.59. The van der Waals surface area contributed by atoms with E-state index < -0.39 is 5.91 Å². The summed E-state index contributed by atoms with van der Waals surface area (Å²) in [5.74, 6) is -0.350. The minimum absolute atomic E-state index is 0.0634. The second kappa shape index (κ2) is 10.4. The van der Waals surface area contributed by atoms with Crippen molar-refractivity contribution in [3.63, 3.8) is 0 Å². The maximum absolute atomic E-state index is 11.3. The van der Waals surface area contributed by atoms with Crippen molar-refractivity contribution >= 4 is 5.91 Å². The Labute approximate surface area is 148 Å². The summed E-state index contributed by atoms with van der Waals surface area (Å²) in [6.07, 6.45) is 3.46. The first-order chi connectivity index (χ1) is 12.2. The molecule has 0 aliphatic heterocycles. The zero-order valence-electron chi connectivity index (χ0n) is 14.2. The summed E-state index contributed by atoms with van der Waals surface area (Å²) < 4.78 is 0. The van der Waals surface area contributed by atoms with Crippen LogP contribution in [0.2, 0.25) is 0 Å². The van der Waals surface area contributed by atoms with Gasteiger partial charge in [0.05, 0.1) is 6.54 Å². The molecule has 1 atom stereocenters. The Kier molecular flexibility index (Phi) is 7.79. The van der Waals surface area contributed by atoms with Crippen LogP contribution in [0.1, 0.15) is 31.2 Å². The van der Waals surface area contributed by atoms with Crippen molar-refractivity contribution in [1.29, 1.82) is 0 Å². The lowest BCUT2D eigenvalue weighted by Gasteiger charge is -2.14. The van der Waals surface area contributed by atoms with Gasteiger partial charge in [0.15, 0.2) is 0 Å². The lowest BCUT2D eigenvalue weighted by atomic mass is 9.93. The molecule has 0 saturated heterocycles. The molecule has 2 aromatic carbocycles. The van der Waals surface area contributed by atoms with Crippen LogP contribution >= 0.6 is 0 Å². The average Bonchev–Trinajstić information content (AvgIpc) is 2.67. The van der Waals surface area contributed by atoms with Crippen LogP contribution in [0.25, 0.3) is 11.1 Å². The fourth-order valence-electron chi connectivity index (χ4n) is 2.98. The second-order valence-electron chi connectivity index (χ2n) is 6.20. The average molecular weight is 340 g/mol. The standard InChI is InChI=1S/C20H24N2O3/c23-20(22-25)15-17(13-14-21-24)6-4-5-16-9-11-19(12-10-16)18-7-2-1-3-8-18/h1-3,7-12,17,25H,4-6,13-15H2,(H,22,23). The largest absolute Gasteiger partial charge is 0.289 e. The first-order valence-electron chi connectivity index (χ1n) is 8.59. The fourth-order valence-corrected chi connectivity index (χ4v) is 2.98. The van der Waals surface area contributed by atoms with Gasteiger partial charge in [0.2, 0.25) is 5.91 Å². The van der Waals surface area contributed by atoms with Crippen LogP contribution in [0.4, 0.5) is 0 Å². The van der Waals surface area contributed by atoms with Crippen LogP contribution in [-0.2, 0) is 11.2 Å². The van der Waals surface area contributed by atoms with Crippen molar-refractivity contribution in [1.82, 2.24) is 5.48 Å². The van der Waals surface area contributed by atoms with Gasteiger partial charge in [0, 0.05) is 6.42 Å². The molecule has 0 aliphatic carbocycles. The van der Waals surface area contributed by atoms with E-state index in [2.05, 4.69) is 41.6 Å². The van der Waals surface area contributed by atoms with Gasteiger partial charge in [-0.15, -0.1) is 0 Å². The number of carbonyl (C=O) groups is 1. The van der Waals surface area contributed by atoms with Gasteiger partial charge in [-0.05, 0) is 48.3 Å². The van der Waals surface area contributed by atoms with Crippen LogP contribution < -0.4 is 5.48 Å². The van der Waals surface area contributed by atoms with Crippen LogP contribution in [-0.4, -0.2) is 17.7 Å². The highest BCUT2D eigenvalue weighted by Crippen LogP contribution is 2.21. The van der Waals surface area contributed by atoms with E-state index in [4.69, 9.17) is 5.21 Å². The highest BCUT2D eigenvalue weighted by atomic mass is 16.5. The maximum atomic E-state index is 11.3. The Morgan fingerprint density at radius 1 is 1.00 bits per heavy atom. The molecule has 1 unspecified atom stereocenters. The Bertz CT molecular complexity index is 656. The monoisotopic (exact) mass is 340 g/mol. The molecule has 5 heteroatoms. The molecule has 132 valence electrons. The summed E-state index contributed by atoms with van der Waals surface area (Å²) in [5.41, 5.74) is 5.30. The summed E-state index contributed by atoms with van der Waals surface area (Å²) in [4.78, 5) is 21.6. The van der Waals surface area contributed by atoms with E-state index in [9.17, 15) is 9.70 Å². The van der Waals surface area contributed by atoms with Crippen molar-refractivity contribution in [2.75, 3.05) is 6.54 Å². The molecule has 0 radical (unpaired) electrons. The quantitative estimate of drug-likeness (QED) is 0.383. The van der Waals surface area contributed by atoms with E-state index in [1.54, 1.807) is 5.48 Å². The van der Waals surface area contributed by atoms with E-state index in [0.29, 0.717) is 6.42 Å². The van der Waals surface area contributed by atoms with Crippen molar-refractivity contribution < 1.29 is 10.0 Å². The lowest BCUT2D eigenvalue weighted by Crippen LogP contribution is -2.22. The fraction of sp³-hybridized carbons (Fsp3) is 0.350. The number of carbonyl (C=O) groups excluding carboxylic acids is 1. The number of nitrogens with zero attached hydrogens (tertiary/aromatic N) is 1. The molecule has 0 heterocycles. The predicted molar refractivity (Wildman–Crippen MR) is 98.1 cm³/mol. The third kappa shape index (κ3) is 6.47. The minimum atomic E-state index is -0.414. The zero-order valence-corrected chi connectivity index (χ0v) is 14.2. The van der Waals surface area contributed by atoms with Gasteiger partial charge in [0.25, 0.3) is 0 Å². The Balaban J connectivity index is 1.84. The first kappa shape index (κ1) is 18.8. The second-order valence-corrected chi connectivity index (χ2v) is 6.20. The SMILES string of the molecule is O=NCCC(CCCc1ccc(-c2ccccc2)cc1)CC(=O)NO. The molecule has 0 spiro atoms. The number of aryl methyl sites for hydroxylation is 1. The summed E-state index contributed by atoms with van der Waals surface area (Å²) in [6, 6.07) is 18.7. The van der Waals surface area contributed by atoms with Crippen LogP contribution in [0, 0.1) is 10.8 Å². The van der Waals surface area contributed by atoms with Crippen molar-refractivity contribution in [3.05, 3.63) is 65.1 Å². The number of nitrogens with one attached hydrogen (secondary N) is 1. The molecule has 0 aromatic heterocycles. The maximum Gasteiger partial charge on any atom is 0.243 e. The molecule has 2 aromatic rings. The lowest BCUT2D eigenvalue weighted by molar-refractivity contribution is -0.130. The van der Waals surface area contributed by atoms with Crippen molar-refractivity contribution in [2.45, 2.75) is 32.1 Å². The third-order valence-electron chi connectivity index (χ3n) is 4.37. The molecule has 0 fully saturated rings. The van der Waals surface area contributed by atoms with Crippen LogP contribution in [0.15, 0.2) is 59.8 Å². The molecule has 25 heavy (non-hydrogen) atoms. The van der Waals surface area contributed by atoms with E-state index in [0.717, 1.165) is 19.3 Å². The minimum Gasteiger partial charge on any atom is -0.289 e. The molecule has 5 nitrogen and oxygen atoms in total. The number of hydroxylamine groups is 1. The summed E-state index contributed by atoms with van der Waals surface area (Å²) >= 11 is 0. The third-order valence-corrected chi connectivity index (χ3v) is 4.37. The molecule has 1 amide bonds. The zero-order chi connectivity index (χ0) is 17.9. The number of benzene rings is 2. The number of rotatable bonds is 10.